The van der Waals surface area contributed by atoms with Crippen LogP contribution in [-0.4, -0.2) is 35.7 Å². The van der Waals surface area contributed by atoms with Crippen molar-refractivity contribution < 1.29 is 14.3 Å². The molecule has 4 aromatic rings. The number of methoxy groups -OCH3 is 1. The molecule has 0 atom stereocenters. The van der Waals surface area contributed by atoms with Gasteiger partial charge in [-0.15, -0.1) is 0 Å². The molecule has 0 aliphatic heterocycles. The minimum Gasteiger partial charge on any atom is -0.497 e. The third-order valence-electron chi connectivity index (χ3n) is 5.82. The Kier molecular flexibility index (Phi) is 8.63. The summed E-state index contributed by atoms with van der Waals surface area (Å²) in [4.78, 5) is 17.2. The molecule has 0 saturated heterocycles. The Balaban J connectivity index is 1.28. The molecule has 0 unspecified atom stereocenters. The van der Waals surface area contributed by atoms with E-state index in [-0.39, 0.29) is 5.91 Å². The molecule has 0 spiro atoms. The summed E-state index contributed by atoms with van der Waals surface area (Å²) in [7, 11) is 1.65. The standard InChI is InChI=1S/C28H30ClN3O3/c1-34-21-14-16-22(17-15-21)35-20-7-6-19-32-26-12-5-4-11-25(26)31-27(32)13-8-18-30-28(33)23-9-2-3-10-24(23)29/h2-5,9-12,14-17H,6-8,13,18-20H2,1H3,(H,30,33). The number of nitrogens with one attached hydrogen (secondary N) is 1. The molecule has 182 valence electrons. The zero-order valence-electron chi connectivity index (χ0n) is 19.9. The molecule has 0 radical (unpaired) electrons. The number of imidazole rings is 1. The van der Waals surface area contributed by atoms with E-state index >= 15 is 0 Å². The summed E-state index contributed by atoms with van der Waals surface area (Å²) in [6.07, 6.45) is 3.48. The van der Waals surface area contributed by atoms with Crippen LogP contribution in [0, 0.1) is 0 Å². The van der Waals surface area contributed by atoms with Gasteiger partial charge >= 0.3 is 0 Å². The quantitative estimate of drug-likeness (QED) is 0.250. The lowest BCUT2D eigenvalue weighted by Crippen LogP contribution is -2.25. The van der Waals surface area contributed by atoms with Gasteiger partial charge in [0.15, 0.2) is 0 Å². The Labute approximate surface area is 210 Å². The average molecular weight is 492 g/mol. The van der Waals surface area contributed by atoms with Gasteiger partial charge in [-0.25, -0.2) is 4.98 Å². The number of unbranched alkanes of at least 4 members (excludes halogenated alkanes) is 1. The molecular formula is C28H30ClN3O3. The fraction of sp³-hybridized carbons (Fsp3) is 0.286. The SMILES string of the molecule is COc1ccc(OCCCCn2c(CCCNC(=O)c3ccccc3Cl)nc3ccccc32)cc1. The molecule has 0 bridgehead atoms. The number of carbonyl (C=O) groups excluding carboxylic acids is 1. The highest BCUT2D eigenvalue weighted by Crippen LogP contribution is 2.20. The lowest BCUT2D eigenvalue weighted by molar-refractivity contribution is 0.0953. The van der Waals surface area contributed by atoms with Crippen LogP contribution < -0.4 is 14.8 Å². The van der Waals surface area contributed by atoms with Crippen LogP contribution in [0.1, 0.15) is 35.4 Å². The Morgan fingerprint density at radius 1 is 0.943 bits per heavy atom. The Bertz CT molecular complexity index is 1250. The predicted molar refractivity (Wildman–Crippen MR) is 140 cm³/mol. The summed E-state index contributed by atoms with van der Waals surface area (Å²) in [5.74, 6) is 2.55. The maximum Gasteiger partial charge on any atom is 0.252 e. The van der Waals surface area contributed by atoms with Crippen molar-refractivity contribution in [1.29, 1.82) is 0 Å². The summed E-state index contributed by atoms with van der Waals surface area (Å²) >= 11 is 6.12. The normalized spacial score (nSPS) is 10.9. The van der Waals surface area contributed by atoms with E-state index in [1.165, 1.54) is 0 Å². The number of aromatic nitrogens is 2. The van der Waals surface area contributed by atoms with Gasteiger partial charge in [0.05, 0.1) is 35.3 Å². The molecule has 4 rings (SSSR count). The molecule has 0 aliphatic rings. The van der Waals surface area contributed by atoms with Crippen LogP contribution in [0.15, 0.2) is 72.8 Å². The number of carbonyl (C=O) groups is 1. The predicted octanol–water partition coefficient (Wildman–Crippen LogP) is 5.92. The first-order chi connectivity index (χ1) is 17.2. The summed E-state index contributed by atoms with van der Waals surface area (Å²) < 4.78 is 13.3. The number of amides is 1. The fourth-order valence-electron chi connectivity index (χ4n) is 3.99. The highest BCUT2D eigenvalue weighted by molar-refractivity contribution is 6.33. The highest BCUT2D eigenvalue weighted by atomic mass is 35.5. The van der Waals surface area contributed by atoms with Gasteiger partial charge in [0, 0.05) is 19.5 Å². The van der Waals surface area contributed by atoms with E-state index in [2.05, 4.69) is 16.0 Å². The molecule has 0 fully saturated rings. The molecule has 6 nitrogen and oxygen atoms in total. The van der Waals surface area contributed by atoms with Gasteiger partial charge in [-0.2, -0.15) is 0 Å². The second-order valence-electron chi connectivity index (χ2n) is 8.24. The van der Waals surface area contributed by atoms with E-state index in [0.29, 0.717) is 23.7 Å². The number of halogens is 1. The van der Waals surface area contributed by atoms with Crippen LogP contribution in [0.3, 0.4) is 0 Å². The van der Waals surface area contributed by atoms with Gasteiger partial charge in [-0.3, -0.25) is 4.79 Å². The maximum atomic E-state index is 12.4. The molecule has 0 aliphatic carbocycles. The monoisotopic (exact) mass is 491 g/mol. The van der Waals surface area contributed by atoms with Gasteiger partial charge in [-0.05, 0) is 67.8 Å². The molecule has 1 heterocycles. The Morgan fingerprint density at radius 2 is 1.69 bits per heavy atom. The first-order valence-corrected chi connectivity index (χ1v) is 12.3. The zero-order valence-corrected chi connectivity index (χ0v) is 20.6. The number of hydrogen-bond acceptors (Lipinski definition) is 4. The first kappa shape index (κ1) is 24.6. The topological polar surface area (TPSA) is 65.4 Å². The molecule has 3 aromatic carbocycles. The third kappa shape index (κ3) is 6.55. The summed E-state index contributed by atoms with van der Waals surface area (Å²) in [6.45, 7) is 2.08. The number of rotatable bonds is 12. The van der Waals surface area contributed by atoms with Crippen LogP contribution in [0.25, 0.3) is 11.0 Å². The zero-order chi connectivity index (χ0) is 24.5. The third-order valence-corrected chi connectivity index (χ3v) is 6.15. The van der Waals surface area contributed by atoms with Crippen molar-refractivity contribution in [3.05, 3.63) is 89.2 Å². The fourth-order valence-corrected chi connectivity index (χ4v) is 4.21. The number of hydrogen-bond donors (Lipinski definition) is 1. The smallest absolute Gasteiger partial charge is 0.252 e. The van der Waals surface area contributed by atoms with Gasteiger partial charge in [0.1, 0.15) is 17.3 Å². The molecular weight excluding hydrogens is 462 g/mol. The van der Waals surface area contributed by atoms with Crippen LogP contribution in [0.2, 0.25) is 5.02 Å². The minimum atomic E-state index is -0.152. The van der Waals surface area contributed by atoms with E-state index in [1.807, 2.05) is 54.6 Å². The van der Waals surface area contributed by atoms with E-state index in [4.69, 9.17) is 26.1 Å². The first-order valence-electron chi connectivity index (χ1n) is 11.9. The number of para-hydroxylation sites is 2. The number of ether oxygens (including phenoxy) is 2. The van der Waals surface area contributed by atoms with Crippen LogP contribution >= 0.6 is 11.6 Å². The van der Waals surface area contributed by atoms with Crippen molar-refractivity contribution >= 4 is 28.5 Å². The molecule has 1 N–H and O–H groups in total. The van der Waals surface area contributed by atoms with Crippen LogP contribution in [-0.2, 0) is 13.0 Å². The Hall–Kier alpha value is -3.51. The van der Waals surface area contributed by atoms with E-state index in [9.17, 15) is 4.79 Å². The molecule has 7 heteroatoms. The van der Waals surface area contributed by atoms with E-state index in [1.54, 1.807) is 19.2 Å². The molecule has 1 amide bonds. The molecule has 1 aromatic heterocycles. The lowest BCUT2D eigenvalue weighted by Gasteiger charge is -2.11. The number of aryl methyl sites for hydroxylation is 2. The number of fused-ring (bicyclic) bond motifs is 1. The van der Waals surface area contributed by atoms with Gasteiger partial charge < -0.3 is 19.4 Å². The molecule has 35 heavy (non-hydrogen) atoms. The van der Waals surface area contributed by atoms with Crippen molar-refractivity contribution in [2.45, 2.75) is 32.2 Å². The summed E-state index contributed by atoms with van der Waals surface area (Å²) in [5, 5.41) is 3.42. The maximum absolute atomic E-state index is 12.4. The van der Waals surface area contributed by atoms with E-state index in [0.717, 1.165) is 60.6 Å². The number of nitrogens with zero attached hydrogens (tertiary/aromatic N) is 2. The highest BCUT2D eigenvalue weighted by Gasteiger charge is 2.12. The van der Waals surface area contributed by atoms with E-state index < -0.39 is 0 Å². The van der Waals surface area contributed by atoms with Gasteiger partial charge in [-0.1, -0.05) is 35.9 Å². The average Bonchev–Trinajstić information content (AvgIpc) is 3.24. The lowest BCUT2D eigenvalue weighted by atomic mass is 10.2. The van der Waals surface area contributed by atoms with Crippen LogP contribution in [0.5, 0.6) is 11.5 Å². The summed E-state index contributed by atoms with van der Waals surface area (Å²) in [6, 6.07) is 22.9. The minimum absolute atomic E-state index is 0.152. The van der Waals surface area contributed by atoms with Crippen molar-refractivity contribution in [2.75, 3.05) is 20.3 Å². The van der Waals surface area contributed by atoms with Gasteiger partial charge in [0.2, 0.25) is 0 Å². The summed E-state index contributed by atoms with van der Waals surface area (Å²) in [5.41, 5.74) is 2.63. The molecule has 0 saturated carbocycles. The second-order valence-corrected chi connectivity index (χ2v) is 8.65. The van der Waals surface area contributed by atoms with Crippen molar-refractivity contribution in [1.82, 2.24) is 14.9 Å². The second kappa shape index (κ2) is 12.3. The van der Waals surface area contributed by atoms with Crippen molar-refractivity contribution in [3.63, 3.8) is 0 Å². The largest absolute Gasteiger partial charge is 0.497 e. The number of benzene rings is 3. The van der Waals surface area contributed by atoms with Gasteiger partial charge in [0.25, 0.3) is 5.91 Å². The Morgan fingerprint density at radius 3 is 2.49 bits per heavy atom. The van der Waals surface area contributed by atoms with Crippen molar-refractivity contribution in [2.24, 2.45) is 0 Å². The van der Waals surface area contributed by atoms with Crippen molar-refractivity contribution in [3.8, 4) is 11.5 Å². The van der Waals surface area contributed by atoms with Crippen LogP contribution in [0.4, 0.5) is 0 Å².